The summed E-state index contributed by atoms with van der Waals surface area (Å²) in [5.41, 5.74) is 0.481. The quantitative estimate of drug-likeness (QED) is 0.0666. The summed E-state index contributed by atoms with van der Waals surface area (Å²) in [4.78, 5) is 81.5. The molecule has 4 aliphatic rings. The van der Waals surface area contributed by atoms with Gasteiger partial charge in [0, 0.05) is 52.4 Å². The van der Waals surface area contributed by atoms with Crippen molar-refractivity contribution in [1.82, 2.24) is 25.8 Å². The predicted molar refractivity (Wildman–Crippen MR) is 319 cm³/mol. The van der Waals surface area contributed by atoms with E-state index >= 15 is 4.39 Å². The highest BCUT2D eigenvalue weighted by atomic mass is 35.5. The van der Waals surface area contributed by atoms with E-state index in [0.29, 0.717) is 60.4 Å². The van der Waals surface area contributed by atoms with Crippen molar-refractivity contribution < 1.29 is 66.0 Å². The van der Waals surface area contributed by atoms with Crippen molar-refractivity contribution >= 4 is 69.9 Å². The molecule has 0 radical (unpaired) electrons. The molecule has 4 heterocycles. The van der Waals surface area contributed by atoms with Crippen LogP contribution < -0.4 is 45.0 Å². The van der Waals surface area contributed by atoms with Gasteiger partial charge in [0.05, 0.1) is 48.9 Å². The van der Waals surface area contributed by atoms with Gasteiger partial charge in [-0.3, -0.25) is 19.4 Å². The van der Waals surface area contributed by atoms with E-state index in [1.807, 2.05) is 46.2 Å². The average molecular weight is 1190 g/mol. The minimum Gasteiger partial charge on any atom is -0.484 e. The predicted octanol–water partition coefficient (Wildman–Crippen LogP) is 8.67. The molecule has 8 rings (SSSR count). The standard InChI is InChI=1S/C27H33FN4O6.C19H27FN4O4.C8H7ClO2.C6H15N/c1-27(2,3)38-25(34)29-16-21-17-32(26(35)37-21)19-9-10-23(22(28)15-19)30-11-13-31(14-12-30)24(33)18-36-20-7-5-4-6-8-20;1-19(2,3)28-17(25)22-11-14-12-24(18(26)27-14)13-4-5-16(15(20)10-13)23-8-6-21-7-9-23;9-8(10)6-11-7-4-2-1-3-5-7;1-4-7(5-2)6-3/h4-10,15,21H,11-14,16-18H2,1-3H3,(H,29,34);4-5,10,14,21H,6-9,11-12H2,1-3H3,(H,22,25);1-5H,6H2;4-6H2,1-3H3/t21-;14-;;/m00../s1. The first-order valence-corrected chi connectivity index (χ1v) is 28.6. The van der Waals surface area contributed by atoms with Crippen LogP contribution in [0.3, 0.4) is 0 Å². The number of benzene rings is 4. The zero-order valence-electron chi connectivity index (χ0n) is 49.6. The second kappa shape index (κ2) is 33.0. The monoisotopic (exact) mass is 1190 g/mol. The van der Waals surface area contributed by atoms with E-state index < -0.39 is 58.8 Å². The molecule has 5 amide bonds. The molecule has 0 aromatic heterocycles. The maximum absolute atomic E-state index is 15.1. The van der Waals surface area contributed by atoms with Crippen molar-refractivity contribution in [2.75, 3.05) is 131 Å². The number of para-hydroxylation sites is 2. The number of ether oxygens (including phenoxy) is 6. The van der Waals surface area contributed by atoms with Crippen molar-refractivity contribution in [3.8, 4) is 11.5 Å². The molecule has 24 heteroatoms. The van der Waals surface area contributed by atoms with Gasteiger partial charge in [-0.25, -0.2) is 28.0 Å². The summed E-state index contributed by atoms with van der Waals surface area (Å²) >= 11 is 5.06. The molecule has 4 saturated heterocycles. The number of anilines is 4. The molecule has 4 aromatic carbocycles. The van der Waals surface area contributed by atoms with E-state index in [4.69, 9.17) is 40.0 Å². The second-order valence-electron chi connectivity index (χ2n) is 21.6. The van der Waals surface area contributed by atoms with E-state index in [1.54, 1.807) is 95.0 Å². The lowest BCUT2D eigenvalue weighted by Gasteiger charge is -2.36. The molecule has 84 heavy (non-hydrogen) atoms. The van der Waals surface area contributed by atoms with Crippen LogP contribution in [0.25, 0.3) is 0 Å². The molecule has 0 bridgehead atoms. The van der Waals surface area contributed by atoms with Crippen LogP contribution >= 0.6 is 11.6 Å². The normalized spacial score (nSPS) is 16.8. The number of amides is 5. The summed E-state index contributed by atoms with van der Waals surface area (Å²) < 4.78 is 61.2. The molecule has 4 aromatic rings. The zero-order valence-corrected chi connectivity index (χ0v) is 50.4. The maximum Gasteiger partial charge on any atom is 0.414 e. The van der Waals surface area contributed by atoms with Gasteiger partial charge in [-0.15, -0.1) is 0 Å². The number of nitrogens with one attached hydrogen (secondary N) is 3. The molecule has 4 fully saturated rings. The molecule has 0 aliphatic carbocycles. The smallest absolute Gasteiger partial charge is 0.414 e. The van der Waals surface area contributed by atoms with E-state index in [2.05, 4.69) is 41.6 Å². The van der Waals surface area contributed by atoms with E-state index in [1.165, 1.54) is 41.6 Å². The number of hydrogen-bond donors (Lipinski definition) is 3. The number of carbonyl (C=O) groups is 6. The number of piperazine rings is 2. The van der Waals surface area contributed by atoms with Crippen LogP contribution in [0.4, 0.5) is 50.7 Å². The Kier molecular flexibility index (Phi) is 26.4. The number of nitrogens with zero attached hydrogens (tertiary/aromatic N) is 6. The maximum atomic E-state index is 15.1. The van der Waals surface area contributed by atoms with Gasteiger partial charge in [0.1, 0.15) is 46.5 Å². The van der Waals surface area contributed by atoms with Gasteiger partial charge in [0.15, 0.2) is 13.2 Å². The van der Waals surface area contributed by atoms with Gasteiger partial charge in [-0.1, -0.05) is 57.2 Å². The Morgan fingerprint density at radius 2 is 1.01 bits per heavy atom. The lowest BCUT2D eigenvalue weighted by Crippen LogP contribution is -2.50. The fraction of sp³-hybridized carbons (Fsp3) is 0.500. The Balaban J connectivity index is 0.000000243. The Morgan fingerprint density at radius 1 is 0.607 bits per heavy atom. The summed E-state index contributed by atoms with van der Waals surface area (Å²) in [6.45, 7) is 26.1. The van der Waals surface area contributed by atoms with Crippen LogP contribution in [0, 0.1) is 11.6 Å². The molecule has 3 N–H and O–H groups in total. The first kappa shape index (κ1) is 67.2. The van der Waals surface area contributed by atoms with E-state index in [9.17, 15) is 33.2 Å². The number of hydrogen-bond acceptors (Lipinski definition) is 16. The third-order valence-corrected chi connectivity index (χ3v) is 13.1. The van der Waals surface area contributed by atoms with Gasteiger partial charge < -0.3 is 64.0 Å². The summed E-state index contributed by atoms with van der Waals surface area (Å²) in [5, 5.41) is 7.91. The minimum absolute atomic E-state index is 0.0483. The molecule has 460 valence electrons. The molecular formula is C60H82ClF2N9O12. The first-order valence-electron chi connectivity index (χ1n) is 28.2. The SMILES string of the molecule is CC(C)(C)OC(=O)NC[C@H]1CN(c2ccc(N3CCN(C(=O)COc4ccccc4)CC3)c(F)c2)C(=O)O1.CC(C)(C)OC(=O)NC[C@H]1CN(c2ccc(N3CCNCC3)c(F)c2)C(=O)O1.CCN(CC)CC.O=C(Cl)COc1ccccc1. The van der Waals surface area contributed by atoms with Crippen LogP contribution in [0.2, 0.25) is 0 Å². The highest BCUT2D eigenvalue weighted by molar-refractivity contribution is 6.63. The van der Waals surface area contributed by atoms with Crippen molar-refractivity contribution in [3.05, 3.63) is 109 Å². The third kappa shape index (κ3) is 22.8. The van der Waals surface area contributed by atoms with Crippen molar-refractivity contribution in [2.24, 2.45) is 0 Å². The summed E-state index contributed by atoms with van der Waals surface area (Å²) in [6, 6.07) is 27.5. The van der Waals surface area contributed by atoms with E-state index in [-0.39, 0.29) is 51.1 Å². The summed E-state index contributed by atoms with van der Waals surface area (Å²) in [7, 11) is 0. The van der Waals surface area contributed by atoms with Gasteiger partial charge in [-0.05, 0) is 133 Å². The molecule has 0 saturated carbocycles. The van der Waals surface area contributed by atoms with Crippen LogP contribution in [0.5, 0.6) is 11.5 Å². The van der Waals surface area contributed by atoms with Crippen LogP contribution in [-0.4, -0.2) is 180 Å². The summed E-state index contributed by atoms with van der Waals surface area (Å²) in [6.07, 6.45) is -3.48. The summed E-state index contributed by atoms with van der Waals surface area (Å²) in [5.74, 6) is 0.323. The number of cyclic esters (lactones) is 2. The Hall–Kier alpha value is -7.63. The number of halogens is 3. The second-order valence-corrected chi connectivity index (χ2v) is 22.0. The van der Waals surface area contributed by atoms with E-state index in [0.717, 1.165) is 26.2 Å². The Morgan fingerprint density at radius 3 is 1.38 bits per heavy atom. The lowest BCUT2D eigenvalue weighted by molar-refractivity contribution is -0.133. The Bertz CT molecular complexity index is 2740. The number of rotatable bonds is 17. The molecule has 0 unspecified atom stereocenters. The minimum atomic E-state index is -0.638. The fourth-order valence-electron chi connectivity index (χ4n) is 8.72. The van der Waals surface area contributed by atoms with Crippen LogP contribution in [-0.2, 0) is 28.5 Å². The van der Waals surface area contributed by atoms with Crippen LogP contribution in [0.15, 0.2) is 97.1 Å². The molecule has 0 spiro atoms. The lowest BCUT2D eigenvalue weighted by atomic mass is 10.2. The van der Waals surface area contributed by atoms with Crippen LogP contribution in [0.1, 0.15) is 62.3 Å². The van der Waals surface area contributed by atoms with Gasteiger partial charge in [0.25, 0.3) is 11.1 Å². The first-order chi connectivity index (χ1) is 39.9. The van der Waals surface area contributed by atoms with Crippen molar-refractivity contribution in [3.63, 3.8) is 0 Å². The largest absolute Gasteiger partial charge is 0.484 e. The molecule has 2 atom stereocenters. The highest BCUT2D eigenvalue weighted by Crippen LogP contribution is 2.30. The fourth-order valence-corrected chi connectivity index (χ4v) is 8.78. The number of carbonyl (C=O) groups excluding carboxylic acids is 6. The third-order valence-electron chi connectivity index (χ3n) is 13.0. The topological polar surface area (TPSA) is 213 Å². The van der Waals surface area contributed by atoms with Gasteiger partial charge in [-0.2, -0.15) is 0 Å². The van der Waals surface area contributed by atoms with Crippen molar-refractivity contribution in [1.29, 1.82) is 0 Å². The zero-order chi connectivity index (χ0) is 61.4. The van der Waals surface area contributed by atoms with Gasteiger partial charge in [0.2, 0.25) is 0 Å². The Labute approximate surface area is 496 Å². The van der Waals surface area contributed by atoms with Gasteiger partial charge >= 0.3 is 24.4 Å². The molecular weight excluding hydrogens is 1110 g/mol. The average Bonchev–Trinajstić information content (AvgIpc) is 3.32. The molecule has 21 nitrogen and oxygen atoms in total. The molecule has 4 aliphatic heterocycles. The highest BCUT2D eigenvalue weighted by Gasteiger charge is 2.35. The number of alkyl carbamates (subject to hydrolysis) is 2. The van der Waals surface area contributed by atoms with Crippen molar-refractivity contribution in [2.45, 2.75) is 85.7 Å².